The van der Waals surface area contributed by atoms with Crippen LogP contribution in [0.15, 0.2) is 18.2 Å². The zero-order chi connectivity index (χ0) is 12.4. The zero-order valence-electron chi connectivity index (χ0n) is 11.0. The summed E-state index contributed by atoms with van der Waals surface area (Å²) in [6, 6.07) is 6.11. The average Bonchev–Trinajstić information content (AvgIpc) is 2.32. The van der Waals surface area contributed by atoms with E-state index in [0.717, 1.165) is 48.5 Å². The summed E-state index contributed by atoms with van der Waals surface area (Å²) in [5, 5.41) is 0. The molecule has 1 aliphatic rings. The van der Waals surface area contributed by atoms with E-state index in [1.165, 1.54) is 0 Å². The van der Waals surface area contributed by atoms with E-state index in [9.17, 15) is 4.79 Å². The lowest BCUT2D eigenvalue weighted by Gasteiger charge is -2.30. The van der Waals surface area contributed by atoms with Gasteiger partial charge in [-0.3, -0.25) is 4.79 Å². The summed E-state index contributed by atoms with van der Waals surface area (Å²) < 4.78 is 0. The molecule has 1 amide bonds. The molecule has 92 valence electrons. The van der Waals surface area contributed by atoms with Gasteiger partial charge in [-0.25, -0.2) is 0 Å². The van der Waals surface area contributed by atoms with Crippen molar-refractivity contribution in [2.75, 3.05) is 13.1 Å². The lowest BCUT2D eigenvalue weighted by molar-refractivity contribution is 0.0696. The van der Waals surface area contributed by atoms with E-state index in [1.807, 2.05) is 30.9 Å². The van der Waals surface area contributed by atoms with Crippen molar-refractivity contribution in [3.63, 3.8) is 0 Å². The Balaban J connectivity index is 2.16. The maximum absolute atomic E-state index is 12.4. The Morgan fingerprint density at radius 1 is 1.24 bits per heavy atom. The van der Waals surface area contributed by atoms with Gasteiger partial charge in [0.05, 0.1) is 0 Å². The molecule has 0 aliphatic carbocycles. The number of likely N-dealkylation sites (tertiary alicyclic amines) is 1. The molecule has 1 aromatic rings. The van der Waals surface area contributed by atoms with Crippen LogP contribution in [0.1, 0.15) is 41.3 Å². The van der Waals surface area contributed by atoms with Crippen molar-refractivity contribution >= 4 is 5.91 Å². The number of carbonyl (C=O) groups excluding carboxylic acids is 1. The Morgan fingerprint density at radius 2 is 1.88 bits per heavy atom. The highest BCUT2D eigenvalue weighted by Gasteiger charge is 2.22. The number of piperidine rings is 1. The molecule has 1 heterocycles. The van der Waals surface area contributed by atoms with Crippen LogP contribution in [0.25, 0.3) is 0 Å². The highest BCUT2D eigenvalue weighted by atomic mass is 16.2. The van der Waals surface area contributed by atoms with E-state index in [-0.39, 0.29) is 5.91 Å². The van der Waals surface area contributed by atoms with Crippen LogP contribution >= 0.6 is 0 Å². The Morgan fingerprint density at radius 3 is 2.53 bits per heavy atom. The normalized spacial score (nSPS) is 17.2. The number of carbonyl (C=O) groups is 1. The van der Waals surface area contributed by atoms with Crippen LogP contribution in [0.4, 0.5) is 0 Å². The smallest absolute Gasteiger partial charge is 0.254 e. The molecule has 0 aromatic heterocycles. The van der Waals surface area contributed by atoms with E-state index in [2.05, 4.69) is 13.0 Å². The lowest BCUT2D eigenvalue weighted by Crippen LogP contribution is -2.38. The minimum absolute atomic E-state index is 0.207. The second kappa shape index (κ2) is 4.91. The van der Waals surface area contributed by atoms with Gasteiger partial charge in [0.25, 0.3) is 5.91 Å². The largest absolute Gasteiger partial charge is 0.339 e. The first kappa shape index (κ1) is 12.2. The summed E-state index contributed by atoms with van der Waals surface area (Å²) in [4.78, 5) is 14.4. The van der Waals surface area contributed by atoms with Gasteiger partial charge in [0.1, 0.15) is 0 Å². The molecule has 1 aliphatic heterocycles. The van der Waals surface area contributed by atoms with Crippen molar-refractivity contribution in [1.82, 2.24) is 4.90 Å². The summed E-state index contributed by atoms with van der Waals surface area (Å²) in [6.45, 7) is 8.13. The maximum Gasteiger partial charge on any atom is 0.254 e. The standard InChI is InChI=1S/C15H21NO/c1-11-6-8-16(9-7-11)15(17)14-10-12(2)4-5-13(14)3/h4-5,10-11H,6-9H2,1-3H3. The Labute approximate surface area is 104 Å². The number of hydrogen-bond donors (Lipinski definition) is 0. The lowest BCUT2D eigenvalue weighted by atomic mass is 9.97. The van der Waals surface area contributed by atoms with E-state index < -0.39 is 0 Å². The third kappa shape index (κ3) is 2.68. The van der Waals surface area contributed by atoms with Crippen LogP contribution in [0, 0.1) is 19.8 Å². The molecule has 1 fully saturated rings. The second-order valence-corrected chi connectivity index (χ2v) is 5.29. The Bertz CT molecular complexity index is 417. The molecule has 0 N–H and O–H groups in total. The SMILES string of the molecule is Cc1ccc(C)c(C(=O)N2CCC(C)CC2)c1. The summed E-state index contributed by atoms with van der Waals surface area (Å²) >= 11 is 0. The predicted octanol–water partition coefficient (Wildman–Crippen LogP) is 3.18. The van der Waals surface area contributed by atoms with Crippen molar-refractivity contribution in [3.8, 4) is 0 Å². The third-order valence-electron chi connectivity index (χ3n) is 3.69. The van der Waals surface area contributed by atoms with E-state index in [4.69, 9.17) is 0 Å². The molecule has 0 unspecified atom stereocenters. The first-order valence-electron chi connectivity index (χ1n) is 6.44. The number of benzene rings is 1. The molecular weight excluding hydrogens is 210 g/mol. The van der Waals surface area contributed by atoms with E-state index >= 15 is 0 Å². The molecule has 2 nitrogen and oxygen atoms in total. The molecule has 0 atom stereocenters. The summed E-state index contributed by atoms with van der Waals surface area (Å²) in [6.07, 6.45) is 2.27. The summed E-state index contributed by atoms with van der Waals surface area (Å²) in [5.74, 6) is 0.968. The van der Waals surface area contributed by atoms with Crippen LogP contribution < -0.4 is 0 Å². The van der Waals surface area contributed by atoms with Gasteiger partial charge in [0.2, 0.25) is 0 Å². The van der Waals surface area contributed by atoms with Gasteiger partial charge in [0.15, 0.2) is 0 Å². The minimum Gasteiger partial charge on any atom is -0.339 e. The number of hydrogen-bond acceptors (Lipinski definition) is 1. The number of amides is 1. The molecule has 1 aromatic carbocycles. The molecule has 2 rings (SSSR count). The van der Waals surface area contributed by atoms with Crippen LogP contribution in [-0.4, -0.2) is 23.9 Å². The quantitative estimate of drug-likeness (QED) is 0.727. The molecule has 0 spiro atoms. The number of nitrogens with zero attached hydrogens (tertiary/aromatic N) is 1. The first-order chi connectivity index (χ1) is 8.08. The van der Waals surface area contributed by atoms with Crippen LogP contribution in [0.2, 0.25) is 0 Å². The van der Waals surface area contributed by atoms with Gasteiger partial charge >= 0.3 is 0 Å². The van der Waals surface area contributed by atoms with Gasteiger partial charge in [-0.1, -0.05) is 24.6 Å². The molecule has 1 saturated heterocycles. The van der Waals surface area contributed by atoms with Gasteiger partial charge in [0, 0.05) is 18.7 Å². The van der Waals surface area contributed by atoms with Crippen molar-refractivity contribution in [3.05, 3.63) is 34.9 Å². The molecule has 0 saturated carbocycles. The molecule has 17 heavy (non-hydrogen) atoms. The third-order valence-corrected chi connectivity index (χ3v) is 3.69. The van der Waals surface area contributed by atoms with Crippen LogP contribution in [0.3, 0.4) is 0 Å². The highest BCUT2D eigenvalue weighted by Crippen LogP contribution is 2.20. The van der Waals surface area contributed by atoms with Gasteiger partial charge in [-0.2, -0.15) is 0 Å². The molecule has 2 heteroatoms. The molecule has 0 bridgehead atoms. The van der Waals surface area contributed by atoms with Gasteiger partial charge in [-0.05, 0) is 44.2 Å². The highest BCUT2D eigenvalue weighted by molar-refractivity contribution is 5.95. The fourth-order valence-corrected chi connectivity index (χ4v) is 2.35. The Hall–Kier alpha value is -1.31. The van der Waals surface area contributed by atoms with E-state index in [0.29, 0.717) is 0 Å². The maximum atomic E-state index is 12.4. The molecular formula is C15H21NO. The van der Waals surface area contributed by atoms with Crippen molar-refractivity contribution < 1.29 is 4.79 Å². The van der Waals surface area contributed by atoms with Gasteiger partial charge < -0.3 is 4.90 Å². The van der Waals surface area contributed by atoms with Crippen molar-refractivity contribution in [2.45, 2.75) is 33.6 Å². The predicted molar refractivity (Wildman–Crippen MR) is 70.2 cm³/mol. The first-order valence-corrected chi connectivity index (χ1v) is 6.44. The second-order valence-electron chi connectivity index (χ2n) is 5.29. The Kier molecular flexibility index (Phi) is 3.51. The van der Waals surface area contributed by atoms with Crippen LogP contribution in [0.5, 0.6) is 0 Å². The summed E-state index contributed by atoms with van der Waals surface area (Å²) in [7, 11) is 0. The monoisotopic (exact) mass is 231 g/mol. The van der Waals surface area contributed by atoms with Gasteiger partial charge in [-0.15, -0.1) is 0 Å². The van der Waals surface area contributed by atoms with Crippen molar-refractivity contribution in [1.29, 1.82) is 0 Å². The van der Waals surface area contributed by atoms with Crippen LogP contribution in [-0.2, 0) is 0 Å². The summed E-state index contributed by atoms with van der Waals surface area (Å²) in [5.41, 5.74) is 3.11. The van der Waals surface area contributed by atoms with E-state index in [1.54, 1.807) is 0 Å². The fraction of sp³-hybridized carbons (Fsp3) is 0.533. The molecule has 0 radical (unpaired) electrons. The van der Waals surface area contributed by atoms with Crippen molar-refractivity contribution in [2.24, 2.45) is 5.92 Å². The minimum atomic E-state index is 0.207. The topological polar surface area (TPSA) is 20.3 Å². The number of rotatable bonds is 1. The zero-order valence-corrected chi connectivity index (χ0v) is 11.0. The number of aryl methyl sites for hydroxylation is 2. The fourth-order valence-electron chi connectivity index (χ4n) is 2.35. The average molecular weight is 231 g/mol.